The molecular formula is C17H22N4. The molecule has 1 aliphatic rings. The lowest BCUT2D eigenvalue weighted by Crippen LogP contribution is -2.24. The highest BCUT2D eigenvalue weighted by atomic mass is 15.1. The molecule has 1 aromatic heterocycles. The second-order valence-electron chi connectivity index (χ2n) is 5.66. The number of anilines is 1. The van der Waals surface area contributed by atoms with Gasteiger partial charge in [-0.3, -0.25) is 0 Å². The van der Waals surface area contributed by atoms with Crippen LogP contribution in [0.2, 0.25) is 0 Å². The molecule has 1 aromatic carbocycles. The summed E-state index contributed by atoms with van der Waals surface area (Å²) in [4.78, 5) is 4.42. The Kier molecular flexibility index (Phi) is 3.95. The Bertz CT molecular complexity index is 655. The predicted octanol–water partition coefficient (Wildman–Crippen LogP) is 2.83. The molecule has 1 aliphatic carbocycles. The third kappa shape index (κ3) is 3.27. The number of hydrogen-bond donors (Lipinski definition) is 2. The number of hydrogen-bond acceptors (Lipinski definition) is 1. The number of fused-ring (bicyclic) bond motifs is 1. The Hall–Kier alpha value is -2.23. The molecule has 0 saturated heterocycles. The fourth-order valence-corrected chi connectivity index (χ4v) is 2.91. The predicted molar refractivity (Wildman–Crippen MR) is 87.4 cm³/mol. The molecule has 3 rings (SSSR count). The third-order valence-corrected chi connectivity index (χ3v) is 3.98. The van der Waals surface area contributed by atoms with Crippen LogP contribution in [0.25, 0.3) is 0 Å². The number of guanidine groups is 1. The molecule has 0 amide bonds. The van der Waals surface area contributed by atoms with Crippen LogP contribution in [-0.2, 0) is 26.4 Å². The van der Waals surface area contributed by atoms with Gasteiger partial charge in [0.15, 0.2) is 5.96 Å². The minimum absolute atomic E-state index is 0.484. The summed E-state index contributed by atoms with van der Waals surface area (Å²) in [6, 6.07) is 8.46. The average molecular weight is 282 g/mol. The van der Waals surface area contributed by atoms with Crippen LogP contribution in [0.15, 0.2) is 41.7 Å². The van der Waals surface area contributed by atoms with Crippen molar-refractivity contribution in [3.8, 4) is 0 Å². The zero-order valence-electron chi connectivity index (χ0n) is 12.5. The van der Waals surface area contributed by atoms with E-state index in [1.807, 2.05) is 17.8 Å². The Balaban J connectivity index is 1.71. The zero-order valence-corrected chi connectivity index (χ0v) is 12.5. The van der Waals surface area contributed by atoms with Crippen molar-refractivity contribution in [2.45, 2.75) is 32.2 Å². The zero-order chi connectivity index (χ0) is 14.7. The monoisotopic (exact) mass is 282 g/mol. The molecule has 0 spiro atoms. The number of benzene rings is 1. The second-order valence-corrected chi connectivity index (χ2v) is 5.66. The topological polar surface area (TPSA) is 55.3 Å². The van der Waals surface area contributed by atoms with Gasteiger partial charge in [-0.25, -0.2) is 4.99 Å². The summed E-state index contributed by atoms with van der Waals surface area (Å²) in [5, 5.41) is 3.27. The van der Waals surface area contributed by atoms with E-state index in [1.165, 1.54) is 30.4 Å². The first-order valence-electron chi connectivity index (χ1n) is 7.51. The number of nitrogens with one attached hydrogen (secondary N) is 1. The van der Waals surface area contributed by atoms with Crippen molar-refractivity contribution in [3.05, 3.63) is 53.3 Å². The number of aryl methyl sites for hydroxylation is 2. The maximum absolute atomic E-state index is 6.03. The molecule has 0 bridgehead atoms. The van der Waals surface area contributed by atoms with Crippen molar-refractivity contribution in [2.24, 2.45) is 17.8 Å². The lowest BCUT2D eigenvalue weighted by Gasteiger charge is -2.19. The van der Waals surface area contributed by atoms with Gasteiger partial charge in [0.1, 0.15) is 0 Å². The van der Waals surface area contributed by atoms with Gasteiger partial charge in [-0.15, -0.1) is 0 Å². The van der Waals surface area contributed by atoms with Gasteiger partial charge < -0.3 is 15.6 Å². The van der Waals surface area contributed by atoms with E-state index < -0.39 is 0 Å². The van der Waals surface area contributed by atoms with Crippen molar-refractivity contribution in [2.75, 3.05) is 5.32 Å². The van der Waals surface area contributed by atoms with Gasteiger partial charge in [-0.2, -0.15) is 0 Å². The average Bonchev–Trinajstić information content (AvgIpc) is 2.91. The van der Waals surface area contributed by atoms with Crippen LogP contribution in [0, 0.1) is 0 Å². The fourth-order valence-electron chi connectivity index (χ4n) is 2.91. The molecule has 0 fully saturated rings. The summed E-state index contributed by atoms with van der Waals surface area (Å²) in [7, 11) is 2.01. The van der Waals surface area contributed by atoms with Crippen LogP contribution in [0.3, 0.4) is 0 Å². The van der Waals surface area contributed by atoms with Gasteiger partial charge in [0.05, 0.1) is 6.54 Å². The molecule has 4 nitrogen and oxygen atoms in total. The molecule has 0 aliphatic heterocycles. The van der Waals surface area contributed by atoms with Gasteiger partial charge in [0.2, 0.25) is 0 Å². The third-order valence-electron chi connectivity index (χ3n) is 3.98. The SMILES string of the molecule is Cn1ccc(CN=C(N)Nc2cccc3c2CCCC3)c1. The highest BCUT2D eigenvalue weighted by Crippen LogP contribution is 2.27. The molecular weight excluding hydrogens is 260 g/mol. The van der Waals surface area contributed by atoms with Crippen molar-refractivity contribution in [3.63, 3.8) is 0 Å². The highest BCUT2D eigenvalue weighted by molar-refractivity contribution is 5.93. The number of aliphatic imine (C=N–C) groups is 1. The first kappa shape index (κ1) is 13.7. The summed E-state index contributed by atoms with van der Waals surface area (Å²) in [5.74, 6) is 0.484. The van der Waals surface area contributed by atoms with Crippen LogP contribution in [0.1, 0.15) is 29.5 Å². The minimum atomic E-state index is 0.484. The fraction of sp³-hybridized carbons (Fsp3) is 0.353. The van der Waals surface area contributed by atoms with E-state index in [4.69, 9.17) is 5.73 Å². The summed E-state index contributed by atoms with van der Waals surface area (Å²) < 4.78 is 2.02. The first-order chi connectivity index (χ1) is 10.2. The maximum Gasteiger partial charge on any atom is 0.193 e. The Labute approximate surface area is 125 Å². The number of rotatable bonds is 3. The smallest absolute Gasteiger partial charge is 0.193 e. The molecule has 21 heavy (non-hydrogen) atoms. The van der Waals surface area contributed by atoms with E-state index in [0.29, 0.717) is 12.5 Å². The van der Waals surface area contributed by atoms with Crippen LogP contribution < -0.4 is 11.1 Å². The quantitative estimate of drug-likeness (QED) is 0.672. The lowest BCUT2D eigenvalue weighted by atomic mass is 9.90. The summed E-state index contributed by atoms with van der Waals surface area (Å²) in [6.07, 6.45) is 8.92. The summed E-state index contributed by atoms with van der Waals surface area (Å²) in [5.41, 5.74) is 11.2. The van der Waals surface area contributed by atoms with E-state index in [2.05, 4.69) is 40.8 Å². The Morgan fingerprint density at radius 1 is 1.29 bits per heavy atom. The largest absolute Gasteiger partial charge is 0.370 e. The van der Waals surface area contributed by atoms with E-state index in [-0.39, 0.29) is 0 Å². The van der Waals surface area contributed by atoms with Crippen LogP contribution in [0.5, 0.6) is 0 Å². The summed E-state index contributed by atoms with van der Waals surface area (Å²) in [6.45, 7) is 0.606. The highest BCUT2D eigenvalue weighted by Gasteiger charge is 2.12. The standard InChI is InChI=1S/C17H22N4/c1-21-10-9-13(12-21)11-19-17(18)20-16-8-4-6-14-5-2-3-7-15(14)16/h4,6,8-10,12H,2-3,5,7,11H2,1H3,(H3,18,19,20). The Morgan fingerprint density at radius 2 is 2.14 bits per heavy atom. The van der Waals surface area contributed by atoms with Gasteiger partial charge in [-0.05, 0) is 54.5 Å². The van der Waals surface area contributed by atoms with Gasteiger partial charge in [-0.1, -0.05) is 12.1 Å². The molecule has 110 valence electrons. The van der Waals surface area contributed by atoms with Gasteiger partial charge >= 0.3 is 0 Å². The number of nitrogens with two attached hydrogens (primary N) is 1. The van der Waals surface area contributed by atoms with Gasteiger partial charge in [0.25, 0.3) is 0 Å². The summed E-state index contributed by atoms with van der Waals surface area (Å²) >= 11 is 0. The normalized spacial score (nSPS) is 14.8. The van der Waals surface area contributed by atoms with Crippen LogP contribution in [0.4, 0.5) is 5.69 Å². The van der Waals surface area contributed by atoms with E-state index in [9.17, 15) is 0 Å². The Morgan fingerprint density at radius 3 is 2.95 bits per heavy atom. The van der Waals surface area contributed by atoms with Crippen molar-refractivity contribution < 1.29 is 0 Å². The molecule has 4 heteroatoms. The maximum atomic E-state index is 6.03. The van der Waals surface area contributed by atoms with Crippen molar-refractivity contribution in [1.82, 2.24) is 4.57 Å². The molecule has 0 atom stereocenters. The molecule has 2 aromatic rings. The van der Waals surface area contributed by atoms with Gasteiger partial charge in [0, 0.05) is 25.1 Å². The van der Waals surface area contributed by atoms with Crippen LogP contribution >= 0.6 is 0 Å². The molecule has 0 saturated carbocycles. The van der Waals surface area contributed by atoms with E-state index >= 15 is 0 Å². The minimum Gasteiger partial charge on any atom is -0.370 e. The molecule has 1 heterocycles. The second kappa shape index (κ2) is 6.04. The van der Waals surface area contributed by atoms with Crippen molar-refractivity contribution in [1.29, 1.82) is 0 Å². The first-order valence-corrected chi connectivity index (χ1v) is 7.51. The van der Waals surface area contributed by atoms with E-state index in [0.717, 1.165) is 17.7 Å². The number of nitrogens with zero attached hydrogens (tertiary/aromatic N) is 2. The molecule has 0 unspecified atom stereocenters. The molecule has 0 radical (unpaired) electrons. The number of aromatic nitrogens is 1. The van der Waals surface area contributed by atoms with Crippen molar-refractivity contribution >= 4 is 11.6 Å². The van der Waals surface area contributed by atoms with Crippen LogP contribution in [-0.4, -0.2) is 10.5 Å². The van der Waals surface area contributed by atoms with E-state index in [1.54, 1.807) is 0 Å². The molecule has 3 N–H and O–H groups in total. The lowest BCUT2D eigenvalue weighted by molar-refractivity contribution is 0.687.